The molecule has 0 unspecified atom stereocenters. The molecule has 6 nitrogen and oxygen atoms in total. The summed E-state index contributed by atoms with van der Waals surface area (Å²) in [6, 6.07) is 13.2. The summed E-state index contributed by atoms with van der Waals surface area (Å²) in [7, 11) is 0. The summed E-state index contributed by atoms with van der Waals surface area (Å²) in [6.07, 6.45) is 1.54. The maximum Gasteiger partial charge on any atom is 0.261 e. The number of carbonyl (C=O) groups is 1. The zero-order valence-electron chi connectivity index (χ0n) is 17.3. The van der Waals surface area contributed by atoms with Gasteiger partial charge in [0.1, 0.15) is 11.4 Å². The van der Waals surface area contributed by atoms with Gasteiger partial charge in [-0.3, -0.25) is 9.78 Å². The van der Waals surface area contributed by atoms with E-state index in [1.807, 2.05) is 0 Å². The van der Waals surface area contributed by atoms with Crippen LogP contribution >= 0.6 is 15.9 Å². The van der Waals surface area contributed by atoms with Crippen LogP contribution in [-0.4, -0.2) is 16.0 Å². The molecule has 2 heterocycles. The van der Waals surface area contributed by atoms with Crippen molar-refractivity contribution in [2.75, 3.05) is 5.32 Å². The van der Waals surface area contributed by atoms with Crippen molar-refractivity contribution in [2.24, 2.45) is 4.99 Å². The number of amides is 1. The summed E-state index contributed by atoms with van der Waals surface area (Å²) in [6.45, 7) is 3.14. The number of anilines is 1. The van der Waals surface area contributed by atoms with E-state index in [0.717, 1.165) is 4.47 Å². The molecule has 0 atom stereocenters. The lowest BCUT2D eigenvalue weighted by atomic mass is 10.1. The number of aliphatic hydroxyl groups excluding tert-OH is 1. The van der Waals surface area contributed by atoms with Crippen LogP contribution in [0.2, 0.25) is 0 Å². The average Bonchev–Trinajstić information content (AvgIpc) is 2.78. The monoisotopic (exact) mass is 495 g/mol. The summed E-state index contributed by atoms with van der Waals surface area (Å²) in [5, 5.41) is 13.1. The Kier molecular flexibility index (Phi) is 6.16. The van der Waals surface area contributed by atoms with Crippen LogP contribution in [0.25, 0.3) is 11.0 Å². The SMILES string of the molecule is Cc1ccc(N=c2oc3c(C)ncc(CO)c3cc2C(=O)Nc2ccc(Br)cc2)cc1F. The van der Waals surface area contributed by atoms with E-state index in [4.69, 9.17) is 4.42 Å². The quantitative estimate of drug-likeness (QED) is 0.400. The van der Waals surface area contributed by atoms with Crippen molar-refractivity contribution in [2.45, 2.75) is 20.5 Å². The van der Waals surface area contributed by atoms with Crippen molar-refractivity contribution in [1.82, 2.24) is 4.98 Å². The minimum atomic E-state index is -0.456. The molecule has 4 aromatic rings. The van der Waals surface area contributed by atoms with Gasteiger partial charge in [0.25, 0.3) is 5.91 Å². The number of hydrogen-bond acceptors (Lipinski definition) is 5. The second kappa shape index (κ2) is 9.02. The Hall–Kier alpha value is -3.36. The number of fused-ring (bicyclic) bond motifs is 1. The number of halogens is 2. The Labute approximate surface area is 191 Å². The molecule has 0 aliphatic rings. The minimum absolute atomic E-state index is 0.00959. The molecule has 8 heteroatoms. The third kappa shape index (κ3) is 4.46. The lowest BCUT2D eigenvalue weighted by molar-refractivity contribution is 0.102. The van der Waals surface area contributed by atoms with Gasteiger partial charge in [-0.2, -0.15) is 0 Å². The fourth-order valence-corrected chi connectivity index (χ4v) is 3.42. The topological polar surface area (TPSA) is 87.7 Å². The number of pyridine rings is 1. The predicted octanol–water partition coefficient (Wildman–Crippen LogP) is 5.32. The van der Waals surface area contributed by atoms with E-state index in [0.29, 0.717) is 39.2 Å². The Balaban J connectivity index is 1.92. The van der Waals surface area contributed by atoms with E-state index >= 15 is 0 Å². The highest BCUT2D eigenvalue weighted by molar-refractivity contribution is 9.10. The van der Waals surface area contributed by atoms with Crippen LogP contribution in [0.5, 0.6) is 0 Å². The van der Waals surface area contributed by atoms with Crippen LogP contribution in [0.4, 0.5) is 15.8 Å². The third-order valence-electron chi connectivity index (χ3n) is 4.95. The van der Waals surface area contributed by atoms with Crippen LogP contribution in [0.3, 0.4) is 0 Å². The third-order valence-corrected chi connectivity index (χ3v) is 5.48. The van der Waals surface area contributed by atoms with Crippen molar-refractivity contribution in [1.29, 1.82) is 0 Å². The van der Waals surface area contributed by atoms with Gasteiger partial charge in [0.05, 0.1) is 18.0 Å². The lowest BCUT2D eigenvalue weighted by Gasteiger charge is -2.10. The average molecular weight is 496 g/mol. The van der Waals surface area contributed by atoms with E-state index in [1.54, 1.807) is 56.3 Å². The van der Waals surface area contributed by atoms with Crippen LogP contribution in [-0.2, 0) is 6.61 Å². The van der Waals surface area contributed by atoms with E-state index in [-0.39, 0.29) is 17.7 Å². The lowest BCUT2D eigenvalue weighted by Crippen LogP contribution is -2.22. The molecular formula is C24H19BrFN3O3. The van der Waals surface area contributed by atoms with Gasteiger partial charge in [0.15, 0.2) is 5.58 Å². The van der Waals surface area contributed by atoms with Gasteiger partial charge in [0.2, 0.25) is 5.55 Å². The Bertz CT molecular complexity index is 1400. The highest BCUT2D eigenvalue weighted by atomic mass is 79.9. The number of rotatable bonds is 4. The normalized spacial score (nSPS) is 11.7. The number of carbonyl (C=O) groups excluding carboxylic acids is 1. The summed E-state index contributed by atoms with van der Waals surface area (Å²) in [4.78, 5) is 21.8. The Morgan fingerprint density at radius 2 is 1.94 bits per heavy atom. The summed E-state index contributed by atoms with van der Waals surface area (Å²) >= 11 is 3.36. The van der Waals surface area contributed by atoms with Gasteiger partial charge >= 0.3 is 0 Å². The van der Waals surface area contributed by atoms with Gasteiger partial charge in [-0.1, -0.05) is 22.0 Å². The van der Waals surface area contributed by atoms with E-state index < -0.39 is 11.7 Å². The number of aliphatic hydroxyl groups is 1. The van der Waals surface area contributed by atoms with E-state index in [2.05, 4.69) is 31.2 Å². The van der Waals surface area contributed by atoms with Gasteiger partial charge in [-0.05, 0) is 61.9 Å². The van der Waals surface area contributed by atoms with E-state index in [9.17, 15) is 14.3 Å². The first-order chi connectivity index (χ1) is 15.4. The number of nitrogens with zero attached hydrogens (tertiary/aromatic N) is 2. The number of aryl methyl sites for hydroxylation is 2. The highest BCUT2D eigenvalue weighted by Crippen LogP contribution is 2.23. The molecule has 32 heavy (non-hydrogen) atoms. The first-order valence-electron chi connectivity index (χ1n) is 9.76. The molecule has 0 saturated carbocycles. The first-order valence-corrected chi connectivity index (χ1v) is 10.6. The summed E-state index contributed by atoms with van der Waals surface area (Å²) in [5.74, 6) is -0.865. The van der Waals surface area contributed by atoms with Crippen LogP contribution in [0.15, 0.2) is 68.6 Å². The molecule has 0 saturated heterocycles. The van der Waals surface area contributed by atoms with Crippen LogP contribution in [0, 0.1) is 19.7 Å². The zero-order chi connectivity index (χ0) is 22.8. The van der Waals surface area contributed by atoms with E-state index in [1.165, 1.54) is 12.3 Å². The maximum atomic E-state index is 14.1. The van der Waals surface area contributed by atoms with Crippen molar-refractivity contribution >= 4 is 44.2 Å². The molecule has 2 N–H and O–H groups in total. The molecule has 162 valence electrons. The minimum Gasteiger partial charge on any atom is -0.436 e. The molecule has 0 aliphatic carbocycles. The first kappa shape index (κ1) is 21.9. The molecular weight excluding hydrogens is 477 g/mol. The summed E-state index contributed by atoms with van der Waals surface area (Å²) < 4.78 is 20.9. The molecule has 2 aromatic carbocycles. The van der Waals surface area contributed by atoms with Gasteiger partial charge in [-0.15, -0.1) is 0 Å². The molecule has 0 fully saturated rings. The van der Waals surface area contributed by atoms with Gasteiger partial charge in [-0.25, -0.2) is 9.38 Å². The van der Waals surface area contributed by atoms with Crippen LogP contribution in [0.1, 0.15) is 27.2 Å². The smallest absolute Gasteiger partial charge is 0.261 e. The second-order valence-electron chi connectivity index (χ2n) is 7.24. The molecule has 0 bridgehead atoms. The standard InChI is InChI=1S/C24H19BrFN3O3/c1-13-3-6-18(9-21(13)26)29-24-20(23(31)28-17-7-4-16(25)5-8-17)10-19-15(12-30)11-27-14(2)22(19)32-24/h3-11,30H,12H2,1-2H3,(H,28,31). The number of aromatic nitrogens is 1. The molecule has 1 amide bonds. The van der Waals surface area contributed by atoms with Crippen molar-refractivity contribution in [3.05, 3.63) is 93.0 Å². The molecule has 0 radical (unpaired) electrons. The largest absolute Gasteiger partial charge is 0.436 e. The fourth-order valence-electron chi connectivity index (χ4n) is 3.16. The Morgan fingerprint density at radius 3 is 2.62 bits per heavy atom. The van der Waals surface area contributed by atoms with Crippen molar-refractivity contribution < 1.29 is 18.7 Å². The maximum absolute atomic E-state index is 14.1. The number of hydrogen-bond donors (Lipinski definition) is 2. The summed E-state index contributed by atoms with van der Waals surface area (Å²) in [5.41, 5.74) is 3.00. The van der Waals surface area contributed by atoms with Gasteiger partial charge < -0.3 is 14.8 Å². The predicted molar refractivity (Wildman–Crippen MR) is 123 cm³/mol. The second-order valence-corrected chi connectivity index (χ2v) is 8.16. The molecule has 0 spiro atoms. The van der Waals surface area contributed by atoms with Crippen molar-refractivity contribution in [3.8, 4) is 0 Å². The molecule has 0 aliphatic heterocycles. The number of benzene rings is 2. The fraction of sp³-hybridized carbons (Fsp3) is 0.125. The highest BCUT2D eigenvalue weighted by Gasteiger charge is 2.17. The number of nitrogens with one attached hydrogen (secondary N) is 1. The zero-order valence-corrected chi connectivity index (χ0v) is 18.9. The van der Waals surface area contributed by atoms with Crippen LogP contribution < -0.4 is 10.9 Å². The van der Waals surface area contributed by atoms with Gasteiger partial charge in [0, 0.05) is 27.3 Å². The van der Waals surface area contributed by atoms with Crippen molar-refractivity contribution in [3.63, 3.8) is 0 Å². The molecule has 4 rings (SSSR count). The molecule has 2 aromatic heterocycles. The Morgan fingerprint density at radius 1 is 1.19 bits per heavy atom.